The van der Waals surface area contributed by atoms with E-state index < -0.39 is 0 Å². The normalized spacial score (nSPS) is 11.7. The van der Waals surface area contributed by atoms with Gasteiger partial charge in [0.1, 0.15) is 17.4 Å². The van der Waals surface area contributed by atoms with Crippen molar-refractivity contribution in [3.05, 3.63) is 66.7 Å². The van der Waals surface area contributed by atoms with Crippen LogP contribution in [0.25, 0.3) is 44.8 Å². The molecule has 2 heterocycles. The van der Waals surface area contributed by atoms with Crippen LogP contribution in [0.5, 0.6) is 5.75 Å². The van der Waals surface area contributed by atoms with Crippen LogP contribution >= 0.6 is 0 Å². The summed E-state index contributed by atoms with van der Waals surface area (Å²) in [5.41, 5.74) is 6.74. The number of fused-ring (bicyclic) bond motifs is 2. The highest BCUT2D eigenvalue weighted by Gasteiger charge is 2.18. The molecule has 0 fully saturated rings. The van der Waals surface area contributed by atoms with Crippen molar-refractivity contribution < 1.29 is 4.74 Å². The van der Waals surface area contributed by atoms with E-state index in [2.05, 4.69) is 96.6 Å². The van der Waals surface area contributed by atoms with Crippen LogP contribution in [0.1, 0.15) is 136 Å². The lowest BCUT2D eigenvalue weighted by molar-refractivity contribution is 0.304. The van der Waals surface area contributed by atoms with Gasteiger partial charge in [0.2, 0.25) is 0 Å². The fourth-order valence-electron chi connectivity index (χ4n) is 7.16. The first-order valence-electron chi connectivity index (χ1n) is 19.9. The van der Waals surface area contributed by atoms with Gasteiger partial charge in [-0.3, -0.25) is 0 Å². The lowest BCUT2D eigenvalue weighted by Gasteiger charge is -2.15. The first-order valence-corrected chi connectivity index (χ1v) is 19.9. The predicted octanol–water partition coefficient (Wildman–Crippen LogP) is 13.2. The molecule has 5 nitrogen and oxygen atoms in total. The molecule has 3 aromatic carbocycles. The zero-order chi connectivity index (χ0) is 34.1. The SMILES string of the molecule is CCCCCCCCOc1cc(-c2nc3ccccc3n2CCCCCCCC)cc(-c2nc3ccccc3n2CCCCCCCC)c1. The van der Waals surface area contributed by atoms with Gasteiger partial charge < -0.3 is 13.9 Å². The standard InChI is InChI=1S/C44H62N4O/c1-4-7-10-13-16-23-30-47-41-28-21-19-26-39(41)45-43(47)36-33-37(35-38(34-36)49-32-25-18-15-12-9-6-3)44-46-40-27-20-22-29-42(40)48(44)31-24-17-14-11-8-5-2/h19-22,26-29,33-35H,4-18,23-25,30-32H2,1-3H3. The molecule has 0 saturated carbocycles. The Labute approximate surface area is 296 Å². The topological polar surface area (TPSA) is 44.9 Å². The lowest BCUT2D eigenvalue weighted by atomic mass is 10.1. The minimum Gasteiger partial charge on any atom is -0.494 e. The van der Waals surface area contributed by atoms with E-state index in [4.69, 9.17) is 14.7 Å². The molecule has 5 aromatic rings. The number of aryl methyl sites for hydroxylation is 2. The number of rotatable bonds is 24. The fourth-order valence-corrected chi connectivity index (χ4v) is 7.16. The van der Waals surface area contributed by atoms with E-state index in [-0.39, 0.29) is 0 Å². The van der Waals surface area contributed by atoms with Gasteiger partial charge in [-0.1, -0.05) is 141 Å². The third kappa shape index (κ3) is 10.4. The Kier molecular flexibility index (Phi) is 15.1. The van der Waals surface area contributed by atoms with Gasteiger partial charge in [0.05, 0.1) is 28.7 Å². The van der Waals surface area contributed by atoms with Gasteiger partial charge in [0, 0.05) is 24.2 Å². The number of hydrogen-bond donors (Lipinski definition) is 0. The van der Waals surface area contributed by atoms with Gasteiger partial charge >= 0.3 is 0 Å². The van der Waals surface area contributed by atoms with Crippen molar-refractivity contribution in [1.82, 2.24) is 19.1 Å². The Balaban J connectivity index is 1.48. The van der Waals surface area contributed by atoms with E-state index in [0.717, 1.165) is 78.5 Å². The highest BCUT2D eigenvalue weighted by molar-refractivity contribution is 5.84. The smallest absolute Gasteiger partial charge is 0.141 e. The van der Waals surface area contributed by atoms with E-state index >= 15 is 0 Å². The Hall–Kier alpha value is -3.60. The molecule has 0 radical (unpaired) electrons. The molecule has 49 heavy (non-hydrogen) atoms. The Morgan fingerprint density at radius 1 is 0.469 bits per heavy atom. The van der Waals surface area contributed by atoms with E-state index in [1.807, 2.05) is 0 Å². The predicted molar refractivity (Wildman–Crippen MR) is 210 cm³/mol. The zero-order valence-electron chi connectivity index (χ0n) is 30.9. The molecule has 0 saturated heterocycles. The van der Waals surface area contributed by atoms with Crippen molar-refractivity contribution in [3.8, 4) is 28.5 Å². The second-order valence-corrected chi connectivity index (χ2v) is 14.0. The number of unbranched alkanes of at least 4 members (excludes halogenated alkanes) is 15. The van der Waals surface area contributed by atoms with Crippen molar-refractivity contribution >= 4 is 22.1 Å². The summed E-state index contributed by atoms with van der Waals surface area (Å²) in [5.74, 6) is 2.97. The molecular weight excluding hydrogens is 601 g/mol. The van der Waals surface area contributed by atoms with E-state index in [1.54, 1.807) is 0 Å². The Bertz CT molecular complexity index is 1570. The van der Waals surface area contributed by atoms with E-state index in [1.165, 1.54) is 107 Å². The molecule has 5 heteroatoms. The molecule has 0 atom stereocenters. The monoisotopic (exact) mass is 662 g/mol. The minimum atomic E-state index is 0.734. The largest absolute Gasteiger partial charge is 0.494 e. The maximum atomic E-state index is 6.56. The molecule has 0 aliphatic heterocycles. The summed E-state index contributed by atoms with van der Waals surface area (Å²) < 4.78 is 11.5. The maximum absolute atomic E-state index is 6.56. The summed E-state index contributed by atoms with van der Waals surface area (Å²) in [6.07, 6.45) is 22.8. The molecular formula is C44H62N4O. The van der Waals surface area contributed by atoms with Crippen LogP contribution in [0.3, 0.4) is 0 Å². The number of aromatic nitrogens is 4. The summed E-state index contributed by atoms with van der Waals surface area (Å²) in [5, 5.41) is 0. The minimum absolute atomic E-state index is 0.734. The molecule has 0 N–H and O–H groups in total. The molecule has 2 aromatic heterocycles. The summed E-state index contributed by atoms with van der Waals surface area (Å²) in [4.78, 5) is 10.5. The quantitative estimate of drug-likeness (QED) is 0.0618. The lowest BCUT2D eigenvalue weighted by Crippen LogP contribution is -2.04. The number of imidazole rings is 2. The first-order chi connectivity index (χ1) is 24.2. The van der Waals surface area contributed by atoms with Gasteiger partial charge in [-0.2, -0.15) is 0 Å². The average molecular weight is 663 g/mol. The van der Waals surface area contributed by atoms with Crippen LogP contribution < -0.4 is 4.74 Å². The van der Waals surface area contributed by atoms with E-state index in [9.17, 15) is 0 Å². The Morgan fingerprint density at radius 3 is 1.35 bits per heavy atom. The summed E-state index contributed by atoms with van der Waals surface area (Å²) in [6, 6.07) is 24.0. The third-order valence-electron chi connectivity index (χ3n) is 9.97. The van der Waals surface area contributed by atoms with Gasteiger partial charge in [-0.25, -0.2) is 9.97 Å². The van der Waals surface area contributed by atoms with Gasteiger partial charge in [0.25, 0.3) is 0 Å². The molecule has 0 unspecified atom stereocenters. The molecule has 0 spiro atoms. The van der Waals surface area contributed by atoms with Gasteiger partial charge in [0.15, 0.2) is 0 Å². The van der Waals surface area contributed by atoms with Crippen molar-refractivity contribution in [1.29, 1.82) is 0 Å². The first kappa shape index (κ1) is 36.7. The van der Waals surface area contributed by atoms with Crippen LogP contribution in [0.2, 0.25) is 0 Å². The molecule has 0 amide bonds. The molecule has 0 aliphatic rings. The molecule has 0 bridgehead atoms. The maximum Gasteiger partial charge on any atom is 0.141 e. The van der Waals surface area contributed by atoms with Crippen molar-refractivity contribution in [3.63, 3.8) is 0 Å². The highest BCUT2D eigenvalue weighted by atomic mass is 16.5. The molecule has 0 aliphatic carbocycles. The van der Waals surface area contributed by atoms with Crippen molar-refractivity contribution in [2.45, 2.75) is 149 Å². The van der Waals surface area contributed by atoms with Crippen LogP contribution in [-0.4, -0.2) is 25.7 Å². The fraction of sp³-hybridized carbons (Fsp3) is 0.545. The van der Waals surface area contributed by atoms with Gasteiger partial charge in [-0.05, 0) is 61.7 Å². The molecule has 5 rings (SSSR count). The molecule has 264 valence electrons. The van der Waals surface area contributed by atoms with Crippen LogP contribution in [0, 0.1) is 0 Å². The number of nitrogens with zero attached hydrogens (tertiary/aromatic N) is 4. The summed E-state index contributed by atoms with van der Waals surface area (Å²) in [7, 11) is 0. The van der Waals surface area contributed by atoms with Crippen molar-refractivity contribution in [2.75, 3.05) is 6.61 Å². The summed E-state index contributed by atoms with van der Waals surface area (Å²) in [6.45, 7) is 9.52. The number of ether oxygens (including phenoxy) is 1. The third-order valence-corrected chi connectivity index (χ3v) is 9.97. The van der Waals surface area contributed by atoms with Crippen LogP contribution in [0.4, 0.5) is 0 Å². The van der Waals surface area contributed by atoms with Crippen molar-refractivity contribution in [2.24, 2.45) is 0 Å². The number of benzene rings is 3. The van der Waals surface area contributed by atoms with E-state index in [0.29, 0.717) is 0 Å². The number of hydrogen-bond acceptors (Lipinski definition) is 3. The highest BCUT2D eigenvalue weighted by Crippen LogP contribution is 2.35. The summed E-state index contributed by atoms with van der Waals surface area (Å²) >= 11 is 0. The average Bonchev–Trinajstić information content (AvgIpc) is 3.69. The van der Waals surface area contributed by atoms with Crippen LogP contribution in [0.15, 0.2) is 66.7 Å². The second-order valence-electron chi connectivity index (χ2n) is 14.0. The van der Waals surface area contributed by atoms with Gasteiger partial charge in [-0.15, -0.1) is 0 Å². The zero-order valence-corrected chi connectivity index (χ0v) is 30.9. The second kappa shape index (κ2) is 20.2. The number of para-hydroxylation sites is 4. The van der Waals surface area contributed by atoms with Crippen LogP contribution in [-0.2, 0) is 13.1 Å². The Morgan fingerprint density at radius 2 is 0.878 bits per heavy atom.